The minimum atomic E-state index is -0.00378. The zero-order valence-corrected chi connectivity index (χ0v) is 17.6. The average Bonchev–Trinajstić information content (AvgIpc) is 3.29. The first kappa shape index (κ1) is 19.5. The van der Waals surface area contributed by atoms with E-state index in [4.69, 9.17) is 4.98 Å². The van der Waals surface area contributed by atoms with Gasteiger partial charge in [0.1, 0.15) is 5.82 Å². The molecule has 7 heteroatoms. The summed E-state index contributed by atoms with van der Waals surface area (Å²) in [4.78, 5) is 27.7. The quantitative estimate of drug-likeness (QED) is 0.807. The maximum Gasteiger partial charge on any atom is 0.236 e. The van der Waals surface area contributed by atoms with Gasteiger partial charge in [0, 0.05) is 24.2 Å². The maximum absolute atomic E-state index is 12.8. The van der Waals surface area contributed by atoms with E-state index in [2.05, 4.69) is 36.1 Å². The zero-order valence-electron chi connectivity index (χ0n) is 16.0. The van der Waals surface area contributed by atoms with E-state index >= 15 is 0 Å². The Kier molecular flexibility index (Phi) is 6.42. The molecule has 2 atom stereocenters. The Morgan fingerprint density at radius 3 is 3.00 bits per heavy atom. The van der Waals surface area contributed by atoms with Gasteiger partial charge in [0.05, 0.1) is 21.9 Å². The summed E-state index contributed by atoms with van der Waals surface area (Å²) in [6.45, 7) is 3.76. The third kappa shape index (κ3) is 4.32. The molecule has 26 heavy (non-hydrogen) atoms. The number of thioether (sulfide) groups is 1. The Morgan fingerprint density at radius 1 is 1.46 bits per heavy atom. The smallest absolute Gasteiger partial charge is 0.236 e. The van der Waals surface area contributed by atoms with Crippen molar-refractivity contribution in [3.05, 3.63) is 29.0 Å². The number of rotatable bonds is 6. The molecule has 2 aromatic heterocycles. The fourth-order valence-corrected chi connectivity index (χ4v) is 4.78. The Bertz CT molecular complexity index is 739. The summed E-state index contributed by atoms with van der Waals surface area (Å²) in [5.74, 6) is 1.15. The average molecular weight is 393 g/mol. The number of likely N-dealkylation sites (tertiary alicyclic amines) is 1. The van der Waals surface area contributed by atoms with Gasteiger partial charge in [-0.05, 0) is 58.7 Å². The van der Waals surface area contributed by atoms with Crippen LogP contribution in [0.5, 0.6) is 0 Å². The number of imidazole rings is 1. The topological polar surface area (TPSA) is 52.2 Å². The Balaban J connectivity index is 1.79. The summed E-state index contributed by atoms with van der Waals surface area (Å²) in [5.41, 5.74) is 0.978. The van der Waals surface area contributed by atoms with Gasteiger partial charge >= 0.3 is 0 Å². The molecule has 1 saturated heterocycles. The van der Waals surface area contributed by atoms with Crippen LogP contribution in [-0.2, 0) is 11.3 Å². The first-order valence-corrected chi connectivity index (χ1v) is 11.2. The molecule has 3 heterocycles. The van der Waals surface area contributed by atoms with E-state index < -0.39 is 0 Å². The van der Waals surface area contributed by atoms with Crippen molar-refractivity contribution in [3.8, 4) is 10.6 Å². The molecule has 142 valence electrons. The summed E-state index contributed by atoms with van der Waals surface area (Å²) in [6, 6.07) is 4.38. The molecule has 5 nitrogen and oxygen atoms in total. The molecule has 2 unspecified atom stereocenters. The third-order valence-corrected chi connectivity index (χ3v) is 6.79. The van der Waals surface area contributed by atoms with Crippen molar-refractivity contribution in [2.45, 2.75) is 44.0 Å². The highest BCUT2D eigenvalue weighted by atomic mass is 32.2. The summed E-state index contributed by atoms with van der Waals surface area (Å²) in [5, 5.41) is -0.00378. The monoisotopic (exact) mass is 392 g/mol. The van der Waals surface area contributed by atoms with Crippen LogP contribution in [0.3, 0.4) is 0 Å². The predicted molar refractivity (Wildman–Crippen MR) is 111 cm³/mol. The number of H-pyrrole nitrogens is 1. The molecular weight excluding hydrogens is 364 g/mol. The number of nitrogens with one attached hydrogen (secondary N) is 1. The lowest BCUT2D eigenvalue weighted by Gasteiger charge is -2.36. The molecule has 0 aliphatic carbocycles. The van der Waals surface area contributed by atoms with E-state index in [9.17, 15) is 4.79 Å². The third-order valence-electron chi connectivity index (χ3n) is 4.79. The highest BCUT2D eigenvalue weighted by molar-refractivity contribution is 7.99. The number of hydrogen-bond donors (Lipinski definition) is 1. The second-order valence-electron chi connectivity index (χ2n) is 7.10. The number of aromatic amines is 1. The number of aromatic nitrogens is 2. The minimum absolute atomic E-state index is 0.00378. The Labute approximate surface area is 164 Å². The van der Waals surface area contributed by atoms with Crippen molar-refractivity contribution < 1.29 is 4.79 Å². The van der Waals surface area contributed by atoms with Crippen molar-refractivity contribution in [1.82, 2.24) is 19.8 Å². The molecule has 3 rings (SSSR count). The van der Waals surface area contributed by atoms with E-state index in [0.29, 0.717) is 0 Å². The number of nitrogens with zero attached hydrogens (tertiary/aromatic N) is 3. The van der Waals surface area contributed by atoms with Crippen LogP contribution < -0.4 is 0 Å². The van der Waals surface area contributed by atoms with Gasteiger partial charge in [0.15, 0.2) is 0 Å². The SMILES string of the molecule is CSC(C)C(=O)N1CCCCC1c1nc(-c2ccc(CN(C)C)s2)c[nH]1. The molecule has 0 spiro atoms. The number of amides is 1. The van der Waals surface area contributed by atoms with Crippen LogP contribution in [0.4, 0.5) is 0 Å². The van der Waals surface area contributed by atoms with Gasteiger partial charge in [-0.15, -0.1) is 11.3 Å². The maximum atomic E-state index is 12.8. The number of carbonyl (C=O) groups excluding carboxylic acids is 1. The molecule has 0 bridgehead atoms. The minimum Gasteiger partial charge on any atom is -0.346 e. The fourth-order valence-electron chi connectivity index (χ4n) is 3.36. The molecule has 1 aliphatic rings. The van der Waals surface area contributed by atoms with Crippen LogP contribution in [0, 0.1) is 0 Å². The van der Waals surface area contributed by atoms with Crippen LogP contribution in [0.25, 0.3) is 10.6 Å². The van der Waals surface area contributed by atoms with Crippen LogP contribution in [-0.4, -0.2) is 57.8 Å². The van der Waals surface area contributed by atoms with Crippen molar-refractivity contribution in [3.63, 3.8) is 0 Å². The van der Waals surface area contributed by atoms with Crippen LogP contribution >= 0.6 is 23.1 Å². The lowest BCUT2D eigenvalue weighted by atomic mass is 10.0. The summed E-state index contributed by atoms with van der Waals surface area (Å²) in [6.07, 6.45) is 7.18. The molecule has 1 amide bonds. The first-order valence-electron chi connectivity index (χ1n) is 9.12. The standard InChI is InChI=1S/C19H28N4OS2/c1-13(25-4)19(24)23-10-6-5-7-16(23)18-20-11-15(21-18)17-9-8-14(26-17)12-22(2)3/h8-9,11,13,16H,5-7,10,12H2,1-4H3,(H,20,21). The fraction of sp³-hybridized carbons (Fsp3) is 0.579. The largest absolute Gasteiger partial charge is 0.346 e. The lowest BCUT2D eigenvalue weighted by Crippen LogP contribution is -2.42. The van der Waals surface area contributed by atoms with Crippen LogP contribution in [0.1, 0.15) is 42.9 Å². The molecule has 0 aromatic carbocycles. The van der Waals surface area contributed by atoms with Gasteiger partial charge < -0.3 is 14.8 Å². The van der Waals surface area contributed by atoms with Crippen LogP contribution in [0.15, 0.2) is 18.3 Å². The molecule has 1 fully saturated rings. The van der Waals surface area contributed by atoms with Gasteiger partial charge in [-0.2, -0.15) is 11.8 Å². The van der Waals surface area contributed by atoms with E-state index in [-0.39, 0.29) is 17.2 Å². The number of piperidine rings is 1. The molecular formula is C19H28N4OS2. The van der Waals surface area contributed by atoms with Crippen molar-refractivity contribution >= 4 is 29.0 Å². The second kappa shape index (κ2) is 8.59. The van der Waals surface area contributed by atoms with Crippen molar-refractivity contribution in [2.24, 2.45) is 0 Å². The molecule has 0 radical (unpaired) electrons. The van der Waals surface area contributed by atoms with E-state index in [0.717, 1.165) is 43.9 Å². The normalized spacial score (nSPS) is 19.1. The lowest BCUT2D eigenvalue weighted by molar-refractivity contribution is -0.134. The van der Waals surface area contributed by atoms with Gasteiger partial charge in [0.25, 0.3) is 0 Å². The van der Waals surface area contributed by atoms with E-state index in [1.54, 1.807) is 23.1 Å². The zero-order chi connectivity index (χ0) is 18.7. The highest BCUT2D eigenvalue weighted by Gasteiger charge is 2.32. The van der Waals surface area contributed by atoms with Gasteiger partial charge in [0.2, 0.25) is 5.91 Å². The molecule has 2 aromatic rings. The van der Waals surface area contributed by atoms with E-state index in [1.807, 2.05) is 24.3 Å². The Morgan fingerprint density at radius 2 is 2.27 bits per heavy atom. The summed E-state index contributed by atoms with van der Waals surface area (Å²) < 4.78 is 0. The van der Waals surface area contributed by atoms with Crippen molar-refractivity contribution in [2.75, 3.05) is 26.9 Å². The van der Waals surface area contributed by atoms with Gasteiger partial charge in [-0.25, -0.2) is 4.98 Å². The van der Waals surface area contributed by atoms with Gasteiger partial charge in [-0.1, -0.05) is 0 Å². The number of thiophene rings is 1. The highest BCUT2D eigenvalue weighted by Crippen LogP contribution is 2.33. The van der Waals surface area contributed by atoms with Gasteiger partial charge in [-0.3, -0.25) is 4.79 Å². The Hall–Kier alpha value is -1.31. The second-order valence-corrected chi connectivity index (χ2v) is 9.44. The predicted octanol–water partition coefficient (Wildman–Crippen LogP) is 4.00. The first-order chi connectivity index (χ1) is 12.5. The number of hydrogen-bond acceptors (Lipinski definition) is 5. The van der Waals surface area contributed by atoms with E-state index in [1.165, 1.54) is 9.75 Å². The van der Waals surface area contributed by atoms with Crippen LogP contribution in [0.2, 0.25) is 0 Å². The van der Waals surface area contributed by atoms with Crippen molar-refractivity contribution in [1.29, 1.82) is 0 Å². The number of carbonyl (C=O) groups is 1. The molecule has 0 saturated carbocycles. The summed E-state index contributed by atoms with van der Waals surface area (Å²) >= 11 is 3.39. The summed E-state index contributed by atoms with van der Waals surface area (Å²) in [7, 11) is 4.16. The molecule has 1 N–H and O–H groups in total. The molecule has 1 aliphatic heterocycles.